The summed E-state index contributed by atoms with van der Waals surface area (Å²) in [6.45, 7) is 1.60. The molecule has 1 aromatic carbocycles. The zero-order valence-electron chi connectivity index (χ0n) is 6.77. The Bertz CT molecular complexity index is 353. The van der Waals surface area contributed by atoms with Gasteiger partial charge in [0.05, 0.1) is 11.3 Å². The third-order valence-electron chi connectivity index (χ3n) is 1.65. The average Bonchev–Trinajstić information content (AvgIpc) is 2.01. The fourth-order valence-corrected chi connectivity index (χ4v) is 1.47. The standard InChI is InChI=1S/C8H7BrFNO2/c1-3-2-4(10)7(11)5(6(3)9)8(12)13/h2H,11H2,1H3,(H,12,13). The first-order valence-corrected chi connectivity index (χ1v) is 4.21. The van der Waals surface area contributed by atoms with Crippen molar-refractivity contribution < 1.29 is 14.3 Å². The lowest BCUT2D eigenvalue weighted by Gasteiger charge is -2.07. The fraction of sp³-hybridized carbons (Fsp3) is 0.125. The molecule has 0 radical (unpaired) electrons. The molecule has 0 aromatic heterocycles. The second kappa shape index (κ2) is 3.33. The van der Waals surface area contributed by atoms with Crippen LogP contribution in [0, 0.1) is 12.7 Å². The molecule has 13 heavy (non-hydrogen) atoms. The van der Waals surface area contributed by atoms with Crippen molar-refractivity contribution in [1.29, 1.82) is 0 Å². The Hall–Kier alpha value is -1.10. The van der Waals surface area contributed by atoms with Crippen molar-refractivity contribution in [3.8, 4) is 0 Å². The van der Waals surface area contributed by atoms with E-state index in [-0.39, 0.29) is 11.3 Å². The number of carbonyl (C=O) groups is 1. The highest BCUT2D eigenvalue weighted by Gasteiger charge is 2.17. The Labute approximate surface area is 82.5 Å². The van der Waals surface area contributed by atoms with Crippen LogP contribution in [0.4, 0.5) is 10.1 Å². The van der Waals surface area contributed by atoms with E-state index in [1.807, 2.05) is 0 Å². The number of aromatic carboxylic acids is 1. The molecule has 0 spiro atoms. The Morgan fingerprint density at radius 2 is 2.23 bits per heavy atom. The maximum atomic E-state index is 13.0. The number of hydrogen-bond acceptors (Lipinski definition) is 2. The maximum absolute atomic E-state index is 13.0. The number of hydrogen-bond donors (Lipinski definition) is 2. The molecule has 0 fully saturated rings. The van der Waals surface area contributed by atoms with Crippen LogP contribution in [0.25, 0.3) is 0 Å². The van der Waals surface area contributed by atoms with Gasteiger partial charge in [0, 0.05) is 4.47 Å². The van der Waals surface area contributed by atoms with Crippen molar-refractivity contribution in [3.05, 3.63) is 27.5 Å². The second-order valence-corrected chi connectivity index (χ2v) is 3.38. The van der Waals surface area contributed by atoms with Gasteiger partial charge in [-0.1, -0.05) is 0 Å². The predicted molar refractivity (Wildman–Crippen MR) is 50.2 cm³/mol. The summed E-state index contributed by atoms with van der Waals surface area (Å²) in [6.07, 6.45) is 0. The summed E-state index contributed by atoms with van der Waals surface area (Å²) in [6, 6.07) is 1.19. The first kappa shape index (κ1) is 9.98. The van der Waals surface area contributed by atoms with E-state index < -0.39 is 11.8 Å². The van der Waals surface area contributed by atoms with Gasteiger partial charge in [-0.25, -0.2) is 9.18 Å². The molecule has 0 amide bonds. The van der Waals surface area contributed by atoms with Crippen molar-refractivity contribution in [2.75, 3.05) is 5.73 Å². The van der Waals surface area contributed by atoms with Crippen molar-refractivity contribution in [2.24, 2.45) is 0 Å². The van der Waals surface area contributed by atoms with Gasteiger partial charge in [0.15, 0.2) is 0 Å². The van der Waals surface area contributed by atoms with Crippen LogP contribution < -0.4 is 5.73 Å². The molecule has 0 unspecified atom stereocenters. The van der Waals surface area contributed by atoms with Gasteiger partial charge in [-0.15, -0.1) is 0 Å². The molecule has 1 aromatic rings. The normalized spacial score (nSPS) is 10.1. The van der Waals surface area contributed by atoms with Crippen molar-refractivity contribution in [1.82, 2.24) is 0 Å². The van der Waals surface area contributed by atoms with Crippen LogP contribution in [-0.2, 0) is 0 Å². The number of halogens is 2. The van der Waals surface area contributed by atoms with E-state index in [1.165, 1.54) is 6.07 Å². The van der Waals surface area contributed by atoms with Crippen molar-refractivity contribution in [2.45, 2.75) is 6.92 Å². The van der Waals surface area contributed by atoms with E-state index in [0.717, 1.165) is 0 Å². The molecule has 0 saturated heterocycles. The Morgan fingerprint density at radius 1 is 1.69 bits per heavy atom. The van der Waals surface area contributed by atoms with Crippen LogP contribution in [0.3, 0.4) is 0 Å². The van der Waals surface area contributed by atoms with Gasteiger partial charge in [-0.3, -0.25) is 0 Å². The highest BCUT2D eigenvalue weighted by Crippen LogP contribution is 2.28. The van der Waals surface area contributed by atoms with Crippen molar-refractivity contribution >= 4 is 27.6 Å². The van der Waals surface area contributed by atoms with E-state index in [9.17, 15) is 9.18 Å². The SMILES string of the molecule is Cc1cc(F)c(N)c(C(=O)O)c1Br. The first-order valence-electron chi connectivity index (χ1n) is 3.42. The van der Waals surface area contributed by atoms with Gasteiger partial charge >= 0.3 is 5.97 Å². The third-order valence-corrected chi connectivity index (χ3v) is 2.67. The molecule has 5 heteroatoms. The van der Waals surface area contributed by atoms with Crippen molar-refractivity contribution in [3.63, 3.8) is 0 Å². The van der Waals surface area contributed by atoms with Crippen LogP contribution in [0.2, 0.25) is 0 Å². The zero-order chi connectivity index (χ0) is 10.2. The van der Waals surface area contributed by atoms with Gasteiger partial charge < -0.3 is 10.8 Å². The highest BCUT2D eigenvalue weighted by molar-refractivity contribution is 9.10. The lowest BCUT2D eigenvalue weighted by atomic mass is 10.1. The van der Waals surface area contributed by atoms with Gasteiger partial charge in [0.2, 0.25) is 0 Å². The smallest absolute Gasteiger partial charge is 0.339 e. The van der Waals surface area contributed by atoms with Crippen LogP contribution in [0.5, 0.6) is 0 Å². The van der Waals surface area contributed by atoms with E-state index in [4.69, 9.17) is 10.8 Å². The van der Waals surface area contributed by atoms with Gasteiger partial charge in [0.25, 0.3) is 0 Å². The summed E-state index contributed by atoms with van der Waals surface area (Å²) < 4.78 is 13.3. The number of rotatable bonds is 1. The Morgan fingerprint density at radius 3 is 2.69 bits per heavy atom. The maximum Gasteiger partial charge on any atom is 0.339 e. The molecule has 0 saturated carbocycles. The monoisotopic (exact) mass is 247 g/mol. The molecular weight excluding hydrogens is 241 g/mol. The molecule has 0 aliphatic heterocycles. The lowest BCUT2D eigenvalue weighted by molar-refractivity contribution is 0.0696. The number of nitrogens with two attached hydrogens (primary N) is 1. The lowest BCUT2D eigenvalue weighted by Crippen LogP contribution is -2.07. The Kier molecular flexibility index (Phi) is 2.56. The molecule has 1 rings (SSSR count). The molecule has 0 heterocycles. The summed E-state index contributed by atoms with van der Waals surface area (Å²) in [5, 5.41) is 8.72. The number of anilines is 1. The van der Waals surface area contributed by atoms with Crippen LogP contribution in [0.1, 0.15) is 15.9 Å². The summed E-state index contributed by atoms with van der Waals surface area (Å²) in [7, 11) is 0. The van der Waals surface area contributed by atoms with E-state index in [0.29, 0.717) is 10.0 Å². The molecule has 3 N–H and O–H groups in total. The average molecular weight is 248 g/mol. The molecular formula is C8H7BrFNO2. The van der Waals surface area contributed by atoms with Crippen LogP contribution >= 0.6 is 15.9 Å². The van der Waals surface area contributed by atoms with Gasteiger partial charge in [-0.2, -0.15) is 0 Å². The van der Waals surface area contributed by atoms with Crippen LogP contribution in [0.15, 0.2) is 10.5 Å². The van der Waals surface area contributed by atoms with Crippen LogP contribution in [-0.4, -0.2) is 11.1 Å². The number of carboxylic acid groups (broad SMARTS) is 1. The number of nitrogen functional groups attached to an aromatic ring is 1. The summed E-state index contributed by atoms with van der Waals surface area (Å²) >= 11 is 3.04. The topological polar surface area (TPSA) is 63.3 Å². The minimum Gasteiger partial charge on any atom is -0.478 e. The number of carboxylic acids is 1. The highest BCUT2D eigenvalue weighted by atomic mass is 79.9. The third kappa shape index (κ3) is 1.65. The van der Waals surface area contributed by atoms with E-state index in [2.05, 4.69) is 15.9 Å². The molecule has 0 aliphatic carbocycles. The van der Waals surface area contributed by atoms with E-state index >= 15 is 0 Å². The predicted octanol–water partition coefficient (Wildman–Crippen LogP) is 2.18. The molecule has 3 nitrogen and oxygen atoms in total. The molecule has 0 bridgehead atoms. The molecule has 0 aliphatic rings. The molecule has 70 valence electrons. The largest absolute Gasteiger partial charge is 0.478 e. The quantitative estimate of drug-likeness (QED) is 0.748. The summed E-state index contributed by atoms with van der Waals surface area (Å²) in [5.41, 5.74) is 5.20. The number of benzene rings is 1. The minimum atomic E-state index is -1.24. The van der Waals surface area contributed by atoms with Gasteiger partial charge in [-0.05, 0) is 34.5 Å². The minimum absolute atomic E-state index is 0.225. The van der Waals surface area contributed by atoms with E-state index in [1.54, 1.807) is 6.92 Å². The van der Waals surface area contributed by atoms with Gasteiger partial charge in [0.1, 0.15) is 5.82 Å². The molecule has 0 atom stereocenters. The number of aryl methyl sites for hydroxylation is 1. The second-order valence-electron chi connectivity index (χ2n) is 2.58. The Balaban J connectivity index is 3.56. The fourth-order valence-electron chi connectivity index (χ4n) is 0.975. The zero-order valence-corrected chi connectivity index (χ0v) is 8.35. The first-order chi connectivity index (χ1) is 5.95. The summed E-state index contributed by atoms with van der Waals surface area (Å²) in [5.74, 6) is -1.95. The summed E-state index contributed by atoms with van der Waals surface area (Å²) in [4.78, 5) is 10.7.